The number of anilines is 2. The van der Waals surface area contributed by atoms with Gasteiger partial charge in [0.2, 0.25) is 0 Å². The Labute approximate surface area is 138 Å². The molecule has 1 N–H and O–H groups in total. The Bertz CT molecular complexity index is 681. The van der Waals surface area contributed by atoms with E-state index in [0.717, 1.165) is 40.8 Å². The molecule has 0 bridgehead atoms. The van der Waals surface area contributed by atoms with Crippen molar-refractivity contribution in [2.45, 2.75) is 24.7 Å². The van der Waals surface area contributed by atoms with Crippen molar-refractivity contribution in [2.24, 2.45) is 0 Å². The molecule has 0 radical (unpaired) electrons. The van der Waals surface area contributed by atoms with Crippen molar-refractivity contribution in [1.82, 2.24) is 4.98 Å². The first kappa shape index (κ1) is 15.0. The maximum Gasteiger partial charge on any atom is 0.317 e. The number of rotatable bonds is 4. The zero-order valence-electron chi connectivity index (χ0n) is 12.3. The normalized spacial score (nSPS) is 15.7. The van der Waals surface area contributed by atoms with Crippen LogP contribution in [0.5, 0.6) is 0 Å². The van der Waals surface area contributed by atoms with Crippen LogP contribution in [-0.2, 0) is 14.9 Å². The van der Waals surface area contributed by atoms with E-state index in [9.17, 15) is 4.79 Å². The van der Waals surface area contributed by atoms with Crippen LogP contribution in [0.4, 0.5) is 11.4 Å². The molecule has 114 valence electrons. The summed E-state index contributed by atoms with van der Waals surface area (Å²) in [5.41, 5.74) is 2.13. The van der Waals surface area contributed by atoms with Gasteiger partial charge in [-0.1, -0.05) is 28.4 Å². The molecule has 3 rings (SSSR count). The number of pyridine rings is 1. The Morgan fingerprint density at radius 1 is 1.27 bits per heavy atom. The Balaban J connectivity index is 1.79. The van der Waals surface area contributed by atoms with Crippen LogP contribution in [0.3, 0.4) is 0 Å². The molecule has 2 aromatic rings. The number of aromatic nitrogens is 1. The molecule has 0 aliphatic heterocycles. The highest BCUT2D eigenvalue weighted by atomic mass is 79.9. The van der Waals surface area contributed by atoms with E-state index >= 15 is 0 Å². The quantitative estimate of drug-likeness (QED) is 0.830. The number of esters is 1. The van der Waals surface area contributed by atoms with Gasteiger partial charge in [-0.2, -0.15) is 0 Å². The number of benzene rings is 1. The second kappa shape index (κ2) is 6.08. The Hall–Kier alpha value is -1.88. The molecule has 1 aromatic carbocycles. The molecule has 5 heteroatoms. The maximum atomic E-state index is 12.0. The minimum Gasteiger partial charge on any atom is -0.468 e. The minimum absolute atomic E-state index is 0.182. The van der Waals surface area contributed by atoms with Crippen molar-refractivity contribution < 1.29 is 9.53 Å². The molecule has 1 fully saturated rings. The van der Waals surface area contributed by atoms with Crippen molar-refractivity contribution in [3.8, 4) is 0 Å². The predicted octanol–water partition coefficient (Wildman–Crippen LogP) is 4.18. The topological polar surface area (TPSA) is 51.2 Å². The first-order valence-corrected chi connectivity index (χ1v) is 8.01. The van der Waals surface area contributed by atoms with E-state index in [1.807, 2.05) is 36.4 Å². The van der Waals surface area contributed by atoms with Crippen molar-refractivity contribution >= 4 is 33.3 Å². The van der Waals surface area contributed by atoms with Crippen molar-refractivity contribution in [3.63, 3.8) is 0 Å². The summed E-state index contributed by atoms with van der Waals surface area (Å²) in [6.45, 7) is 0. The zero-order chi connectivity index (χ0) is 15.6. The van der Waals surface area contributed by atoms with Crippen molar-refractivity contribution in [1.29, 1.82) is 0 Å². The monoisotopic (exact) mass is 360 g/mol. The van der Waals surface area contributed by atoms with E-state index in [-0.39, 0.29) is 5.97 Å². The van der Waals surface area contributed by atoms with Gasteiger partial charge in [0, 0.05) is 10.2 Å². The number of halogens is 1. The van der Waals surface area contributed by atoms with E-state index in [2.05, 4.69) is 26.2 Å². The lowest BCUT2D eigenvalue weighted by molar-refractivity contribution is -0.151. The van der Waals surface area contributed by atoms with E-state index in [4.69, 9.17) is 4.74 Å². The Kier molecular flexibility index (Phi) is 4.16. The average molecular weight is 361 g/mol. The van der Waals surface area contributed by atoms with Gasteiger partial charge in [-0.15, -0.1) is 0 Å². The molecule has 1 saturated carbocycles. The molecular weight excluding hydrogens is 344 g/mol. The fraction of sp³-hybridized carbons (Fsp3) is 0.294. The van der Waals surface area contributed by atoms with Crippen molar-refractivity contribution in [2.75, 3.05) is 12.4 Å². The lowest BCUT2D eigenvalue weighted by Gasteiger charge is -2.38. The third kappa shape index (κ3) is 2.73. The predicted molar refractivity (Wildman–Crippen MR) is 89.2 cm³/mol. The lowest BCUT2D eigenvalue weighted by Crippen LogP contribution is -2.43. The molecule has 0 spiro atoms. The molecule has 1 aliphatic carbocycles. The fourth-order valence-corrected chi connectivity index (χ4v) is 3.17. The second-order valence-corrected chi connectivity index (χ2v) is 6.41. The summed E-state index contributed by atoms with van der Waals surface area (Å²) < 4.78 is 5.97. The Morgan fingerprint density at radius 2 is 2.09 bits per heavy atom. The van der Waals surface area contributed by atoms with Crippen LogP contribution in [0.1, 0.15) is 25.0 Å². The average Bonchev–Trinajstić information content (AvgIpc) is 2.47. The van der Waals surface area contributed by atoms with Gasteiger partial charge < -0.3 is 10.1 Å². The number of carbonyl (C=O) groups is 1. The van der Waals surface area contributed by atoms with E-state index in [1.54, 1.807) is 6.20 Å². The molecule has 22 heavy (non-hydrogen) atoms. The van der Waals surface area contributed by atoms with Gasteiger partial charge in [0.05, 0.1) is 24.7 Å². The number of carbonyl (C=O) groups excluding carboxylic acids is 1. The number of ether oxygens (including phenoxy) is 1. The number of nitrogens with zero attached hydrogens (tertiary/aromatic N) is 1. The number of hydrogen-bond donors (Lipinski definition) is 1. The van der Waals surface area contributed by atoms with Gasteiger partial charge in [0.15, 0.2) is 0 Å². The van der Waals surface area contributed by atoms with Crippen LogP contribution in [0, 0.1) is 0 Å². The summed E-state index contributed by atoms with van der Waals surface area (Å²) in [5.74, 6) is -0.182. The summed E-state index contributed by atoms with van der Waals surface area (Å²) in [5, 5.41) is 3.29. The molecule has 0 amide bonds. The summed E-state index contributed by atoms with van der Waals surface area (Å²) in [6, 6.07) is 11.8. The van der Waals surface area contributed by atoms with E-state index in [1.165, 1.54) is 7.11 Å². The van der Waals surface area contributed by atoms with Crippen LogP contribution in [0.2, 0.25) is 0 Å². The standard InChI is InChI=1S/C17H17BrN2O2/c1-22-16(21)17(8-3-9-17)15-7-6-14(11-19-15)20-13-5-2-4-12(18)10-13/h2,4-7,10-11,20H,3,8-9H2,1H3. The van der Waals surface area contributed by atoms with Gasteiger partial charge in [-0.25, -0.2) is 0 Å². The molecule has 1 heterocycles. The molecule has 1 aliphatic rings. The lowest BCUT2D eigenvalue weighted by atomic mass is 9.66. The van der Waals surface area contributed by atoms with Gasteiger partial charge in [-0.3, -0.25) is 9.78 Å². The van der Waals surface area contributed by atoms with Crippen LogP contribution < -0.4 is 5.32 Å². The molecule has 4 nitrogen and oxygen atoms in total. The maximum absolute atomic E-state index is 12.0. The highest BCUT2D eigenvalue weighted by Crippen LogP contribution is 2.44. The summed E-state index contributed by atoms with van der Waals surface area (Å²) in [7, 11) is 1.44. The highest BCUT2D eigenvalue weighted by Gasteiger charge is 2.48. The molecular formula is C17H17BrN2O2. The van der Waals surface area contributed by atoms with Crippen LogP contribution in [0.25, 0.3) is 0 Å². The first-order chi connectivity index (χ1) is 10.6. The second-order valence-electron chi connectivity index (χ2n) is 5.49. The summed E-state index contributed by atoms with van der Waals surface area (Å²) in [6.07, 6.45) is 4.42. The third-order valence-electron chi connectivity index (χ3n) is 4.15. The van der Waals surface area contributed by atoms with Crippen LogP contribution in [0.15, 0.2) is 47.1 Å². The molecule has 1 aromatic heterocycles. The minimum atomic E-state index is -0.539. The molecule has 0 unspecified atom stereocenters. The smallest absolute Gasteiger partial charge is 0.317 e. The zero-order valence-corrected chi connectivity index (χ0v) is 13.9. The summed E-state index contributed by atoms with van der Waals surface area (Å²) >= 11 is 3.45. The van der Waals surface area contributed by atoms with E-state index < -0.39 is 5.41 Å². The van der Waals surface area contributed by atoms with Gasteiger partial charge in [0.25, 0.3) is 0 Å². The SMILES string of the molecule is COC(=O)C1(c2ccc(Nc3cccc(Br)c3)cn2)CCC1. The number of hydrogen-bond acceptors (Lipinski definition) is 4. The largest absolute Gasteiger partial charge is 0.468 e. The number of methoxy groups -OCH3 is 1. The van der Waals surface area contributed by atoms with Gasteiger partial charge in [0.1, 0.15) is 5.41 Å². The van der Waals surface area contributed by atoms with Gasteiger partial charge >= 0.3 is 5.97 Å². The first-order valence-electron chi connectivity index (χ1n) is 7.22. The van der Waals surface area contributed by atoms with Crippen LogP contribution >= 0.6 is 15.9 Å². The Morgan fingerprint density at radius 3 is 2.64 bits per heavy atom. The van der Waals surface area contributed by atoms with Crippen LogP contribution in [-0.4, -0.2) is 18.1 Å². The van der Waals surface area contributed by atoms with Gasteiger partial charge in [-0.05, 0) is 43.2 Å². The molecule has 0 saturated heterocycles. The van der Waals surface area contributed by atoms with E-state index in [0.29, 0.717) is 0 Å². The van der Waals surface area contributed by atoms with Crippen molar-refractivity contribution in [3.05, 3.63) is 52.8 Å². The number of nitrogens with one attached hydrogen (secondary N) is 1. The fourth-order valence-electron chi connectivity index (χ4n) is 2.77. The molecule has 0 atom stereocenters. The highest BCUT2D eigenvalue weighted by molar-refractivity contribution is 9.10. The third-order valence-corrected chi connectivity index (χ3v) is 4.64. The summed E-state index contributed by atoms with van der Waals surface area (Å²) in [4.78, 5) is 16.5.